The Morgan fingerprint density at radius 2 is 1.65 bits per heavy atom. The third-order valence-corrected chi connectivity index (χ3v) is 9.23. The van der Waals surface area contributed by atoms with Crippen LogP contribution < -0.4 is 5.56 Å². The fourth-order valence-corrected chi connectivity index (χ4v) is 7.50. The van der Waals surface area contributed by atoms with Gasteiger partial charge >= 0.3 is 5.97 Å². The molecular formula is C32H46N4O4. The lowest BCUT2D eigenvalue weighted by molar-refractivity contribution is -0.136. The van der Waals surface area contributed by atoms with Gasteiger partial charge in [-0.1, -0.05) is 56.3 Å². The van der Waals surface area contributed by atoms with E-state index < -0.39 is 5.97 Å². The molecular weight excluding hydrogens is 504 g/mol. The zero-order valence-electron chi connectivity index (χ0n) is 24.4. The van der Waals surface area contributed by atoms with Crippen LogP contribution in [0.2, 0.25) is 0 Å². The second kappa shape index (κ2) is 12.8. The van der Waals surface area contributed by atoms with Gasteiger partial charge in [0.25, 0.3) is 5.56 Å². The van der Waals surface area contributed by atoms with Crippen LogP contribution in [-0.4, -0.2) is 55.5 Å². The normalized spacial score (nSPS) is 28.3. The smallest absolute Gasteiger partial charge is 0.303 e. The number of hydrogen-bond acceptors (Lipinski definition) is 6. The van der Waals surface area contributed by atoms with E-state index in [0.29, 0.717) is 23.8 Å². The number of nitrogens with zero attached hydrogens (tertiary/aromatic N) is 4. The van der Waals surface area contributed by atoms with Gasteiger partial charge in [0.15, 0.2) is 5.69 Å². The number of piperidine rings is 1. The van der Waals surface area contributed by atoms with Crippen molar-refractivity contribution in [3.8, 4) is 0 Å². The average Bonchev–Trinajstić information content (AvgIpc) is 3.23. The first-order valence-corrected chi connectivity index (χ1v) is 15.5. The van der Waals surface area contributed by atoms with Crippen LogP contribution in [0.3, 0.4) is 0 Å². The number of carboxylic acid groups (broad SMARTS) is 1. The third kappa shape index (κ3) is 6.42. The van der Waals surface area contributed by atoms with Gasteiger partial charge in [-0.2, -0.15) is 0 Å². The van der Waals surface area contributed by atoms with Crippen LogP contribution in [-0.2, 0) is 9.63 Å². The predicted molar refractivity (Wildman–Crippen MR) is 158 cm³/mol. The summed E-state index contributed by atoms with van der Waals surface area (Å²) in [6.07, 6.45) is 13.4. The Balaban J connectivity index is 1.49. The highest BCUT2D eigenvalue weighted by atomic mass is 16.6. The van der Waals surface area contributed by atoms with Crippen molar-refractivity contribution in [1.29, 1.82) is 0 Å². The maximum atomic E-state index is 14.2. The lowest BCUT2D eigenvalue weighted by Gasteiger charge is -2.45. The van der Waals surface area contributed by atoms with E-state index in [1.807, 2.05) is 42.7 Å². The number of hydrogen-bond donors (Lipinski definition) is 1. The van der Waals surface area contributed by atoms with Gasteiger partial charge < -0.3 is 14.5 Å². The maximum absolute atomic E-state index is 14.2. The van der Waals surface area contributed by atoms with Crippen molar-refractivity contribution in [2.75, 3.05) is 0 Å². The number of fused-ring (bicyclic) bond motifs is 3. The van der Waals surface area contributed by atoms with Crippen LogP contribution in [0.1, 0.15) is 116 Å². The van der Waals surface area contributed by atoms with Gasteiger partial charge in [-0.15, -0.1) is 0 Å². The van der Waals surface area contributed by atoms with Gasteiger partial charge in [0.1, 0.15) is 11.8 Å². The molecule has 1 N–H and O–H groups in total. The molecule has 8 nitrogen and oxygen atoms in total. The molecule has 2 aromatic rings. The molecule has 8 heteroatoms. The molecule has 2 aliphatic heterocycles. The van der Waals surface area contributed by atoms with E-state index in [1.54, 1.807) is 0 Å². The van der Waals surface area contributed by atoms with Gasteiger partial charge in [0.05, 0.1) is 17.5 Å². The molecule has 5 atom stereocenters. The molecule has 218 valence electrons. The quantitative estimate of drug-likeness (QED) is 0.306. The number of para-hydroxylation sites is 2. The highest BCUT2D eigenvalue weighted by Gasteiger charge is 2.45. The first-order valence-electron chi connectivity index (χ1n) is 15.5. The minimum absolute atomic E-state index is 0.0772. The van der Waals surface area contributed by atoms with E-state index in [4.69, 9.17) is 9.82 Å². The van der Waals surface area contributed by atoms with Gasteiger partial charge in [0.2, 0.25) is 0 Å². The second-order valence-corrected chi connectivity index (χ2v) is 12.7. The van der Waals surface area contributed by atoms with E-state index in [9.17, 15) is 14.7 Å². The summed E-state index contributed by atoms with van der Waals surface area (Å²) in [5.74, 6) is -0.173. The molecule has 5 rings (SSSR count). The predicted octanol–water partition coefficient (Wildman–Crippen LogP) is 6.31. The molecule has 3 fully saturated rings. The van der Waals surface area contributed by atoms with Gasteiger partial charge in [-0.3, -0.25) is 14.5 Å². The summed E-state index contributed by atoms with van der Waals surface area (Å²) >= 11 is 0. The highest BCUT2D eigenvalue weighted by molar-refractivity contribution is 6.00. The first kappa shape index (κ1) is 28.8. The Kier molecular flexibility index (Phi) is 9.24. The number of oxime groups is 1. The summed E-state index contributed by atoms with van der Waals surface area (Å²) in [5.41, 5.74) is 1.89. The van der Waals surface area contributed by atoms with Crippen LogP contribution in [0, 0.1) is 5.92 Å². The van der Waals surface area contributed by atoms with Gasteiger partial charge in [-0.05, 0) is 70.4 Å². The van der Waals surface area contributed by atoms with Crippen LogP contribution in [0.4, 0.5) is 0 Å². The van der Waals surface area contributed by atoms with Crippen LogP contribution >= 0.6 is 0 Å². The largest absolute Gasteiger partial charge is 0.481 e. The summed E-state index contributed by atoms with van der Waals surface area (Å²) in [4.78, 5) is 38.7. The number of aromatic nitrogens is 2. The molecule has 2 bridgehead atoms. The standard InChI is InChI=1S/C32H46N4O4/c1-21(2)40-34-28(16-17-30(37)38)31-32(39)36(29-13-9-8-12-27(29)33-31)26-19-24-14-15-25(20-26)35(24)23-11-7-5-4-6-10-22(3)18-23/h8-9,12-13,21-26H,4-7,10-11,14-20H2,1-3H3,(H,37,38)/b34-28+/t22-,23-,24-,25?,26?/m1/s1. The molecule has 1 aromatic carbocycles. The van der Waals surface area contributed by atoms with Crippen molar-refractivity contribution in [2.24, 2.45) is 11.1 Å². The van der Waals surface area contributed by atoms with Crippen molar-refractivity contribution >= 4 is 22.7 Å². The first-order chi connectivity index (χ1) is 19.3. The maximum Gasteiger partial charge on any atom is 0.303 e. The SMILES string of the molecule is CC(C)O/N=C(\CCC(=O)O)c1nc2ccccc2n(C2CC3CC[C@H](C2)N3[C@@H]2CCCCCC[C@@H](C)C2)c1=O. The minimum Gasteiger partial charge on any atom is -0.481 e. The fourth-order valence-electron chi connectivity index (χ4n) is 7.50. The molecule has 1 aliphatic carbocycles. The molecule has 1 saturated carbocycles. The Bertz CT molecular complexity index is 1260. The number of carbonyl (C=O) groups is 1. The van der Waals surface area contributed by atoms with E-state index in [0.717, 1.165) is 29.8 Å². The lowest BCUT2D eigenvalue weighted by atomic mass is 9.89. The van der Waals surface area contributed by atoms with Crippen molar-refractivity contribution in [1.82, 2.24) is 14.5 Å². The molecule has 0 radical (unpaired) electrons. The van der Waals surface area contributed by atoms with Crippen molar-refractivity contribution in [2.45, 2.75) is 135 Å². The number of rotatable bonds is 8. The summed E-state index contributed by atoms with van der Waals surface area (Å²) in [6.45, 7) is 6.14. The Morgan fingerprint density at radius 3 is 2.35 bits per heavy atom. The average molecular weight is 551 g/mol. The van der Waals surface area contributed by atoms with Crippen molar-refractivity contribution in [3.05, 3.63) is 40.3 Å². The van der Waals surface area contributed by atoms with Crippen LogP contribution in [0.5, 0.6) is 0 Å². The summed E-state index contributed by atoms with van der Waals surface area (Å²) < 4.78 is 1.96. The van der Waals surface area contributed by atoms with Gasteiger partial charge in [0, 0.05) is 30.6 Å². The lowest BCUT2D eigenvalue weighted by Crippen LogP contribution is -2.50. The zero-order valence-corrected chi connectivity index (χ0v) is 24.4. The third-order valence-electron chi connectivity index (χ3n) is 9.23. The minimum atomic E-state index is -0.943. The fraction of sp³-hybridized carbons (Fsp3) is 0.688. The second-order valence-electron chi connectivity index (χ2n) is 12.7. The van der Waals surface area contributed by atoms with E-state index in [-0.39, 0.29) is 36.2 Å². The molecule has 3 heterocycles. The molecule has 3 aliphatic rings. The van der Waals surface area contributed by atoms with Crippen LogP contribution in [0.25, 0.3) is 11.0 Å². The molecule has 2 unspecified atom stereocenters. The van der Waals surface area contributed by atoms with Crippen molar-refractivity contribution < 1.29 is 14.7 Å². The van der Waals surface area contributed by atoms with E-state index in [1.165, 1.54) is 57.8 Å². The Morgan fingerprint density at radius 1 is 0.975 bits per heavy atom. The van der Waals surface area contributed by atoms with E-state index in [2.05, 4.69) is 17.0 Å². The zero-order chi connectivity index (χ0) is 28.2. The highest BCUT2D eigenvalue weighted by Crippen LogP contribution is 2.44. The topological polar surface area (TPSA) is 97.0 Å². The monoisotopic (exact) mass is 550 g/mol. The summed E-state index contributed by atoms with van der Waals surface area (Å²) in [6, 6.07) is 9.52. The molecule has 1 aromatic heterocycles. The molecule has 0 spiro atoms. The van der Waals surface area contributed by atoms with Crippen molar-refractivity contribution in [3.63, 3.8) is 0 Å². The van der Waals surface area contributed by atoms with Crippen LogP contribution in [0.15, 0.2) is 34.2 Å². The Hall–Kier alpha value is -2.74. The van der Waals surface area contributed by atoms with Gasteiger partial charge in [-0.25, -0.2) is 4.98 Å². The van der Waals surface area contributed by atoms with E-state index >= 15 is 0 Å². The molecule has 2 saturated heterocycles. The number of benzene rings is 1. The Labute approximate surface area is 237 Å². The summed E-state index contributed by atoms with van der Waals surface area (Å²) in [5, 5.41) is 13.6. The number of carboxylic acids is 1. The number of aliphatic carboxylic acids is 1. The molecule has 40 heavy (non-hydrogen) atoms. The molecule has 0 amide bonds. The summed E-state index contributed by atoms with van der Waals surface area (Å²) in [7, 11) is 0.